The maximum absolute atomic E-state index is 12.7. The summed E-state index contributed by atoms with van der Waals surface area (Å²) in [6.07, 6.45) is 2.24. The molecule has 0 radical (unpaired) electrons. The highest BCUT2D eigenvalue weighted by molar-refractivity contribution is 7.92. The summed E-state index contributed by atoms with van der Waals surface area (Å²) in [7, 11) is -3.95. The highest BCUT2D eigenvalue weighted by Crippen LogP contribution is 2.28. The fourth-order valence-electron chi connectivity index (χ4n) is 2.51. The Morgan fingerprint density at radius 3 is 2.52 bits per heavy atom. The molecule has 2 aromatic rings. The number of carbonyl (C=O) groups is 1. The molecule has 0 bridgehead atoms. The zero-order valence-electron chi connectivity index (χ0n) is 14.9. The van der Waals surface area contributed by atoms with Crippen LogP contribution in [0.25, 0.3) is 0 Å². The Kier molecular flexibility index (Phi) is 5.92. The van der Waals surface area contributed by atoms with Crippen molar-refractivity contribution in [2.45, 2.75) is 24.7 Å². The number of anilines is 1. The van der Waals surface area contributed by atoms with Crippen molar-refractivity contribution in [3.63, 3.8) is 0 Å². The molecule has 1 fully saturated rings. The van der Waals surface area contributed by atoms with Crippen LogP contribution in [0.4, 0.5) is 5.69 Å². The first-order chi connectivity index (χ1) is 12.9. The molecule has 27 heavy (non-hydrogen) atoms. The van der Waals surface area contributed by atoms with Gasteiger partial charge >= 0.3 is 0 Å². The number of amides is 1. The minimum atomic E-state index is -3.95. The second kappa shape index (κ2) is 8.19. The number of benzene rings is 2. The van der Waals surface area contributed by atoms with Gasteiger partial charge in [-0.3, -0.25) is 9.52 Å². The number of hydrogen-bond acceptors (Lipinski definition) is 4. The molecule has 2 aromatic carbocycles. The molecule has 144 valence electrons. The summed E-state index contributed by atoms with van der Waals surface area (Å²) in [6, 6.07) is 10.8. The molecule has 6 nitrogen and oxygen atoms in total. The van der Waals surface area contributed by atoms with Crippen LogP contribution in [0.5, 0.6) is 5.75 Å². The van der Waals surface area contributed by atoms with Crippen molar-refractivity contribution in [3.05, 3.63) is 53.1 Å². The monoisotopic (exact) mass is 408 g/mol. The highest BCUT2D eigenvalue weighted by Gasteiger charge is 2.23. The van der Waals surface area contributed by atoms with E-state index < -0.39 is 10.0 Å². The van der Waals surface area contributed by atoms with Crippen molar-refractivity contribution >= 4 is 33.2 Å². The third-order valence-corrected chi connectivity index (χ3v) is 6.01. The third-order valence-electron chi connectivity index (χ3n) is 4.15. The number of nitrogens with one attached hydrogen (secondary N) is 2. The van der Waals surface area contributed by atoms with Crippen LogP contribution in [0.2, 0.25) is 5.02 Å². The molecule has 0 unspecified atom stereocenters. The smallest absolute Gasteiger partial charge is 0.263 e. The molecule has 2 N–H and O–H groups in total. The average Bonchev–Trinajstić information content (AvgIpc) is 3.46. The lowest BCUT2D eigenvalue weighted by Gasteiger charge is -2.12. The maximum Gasteiger partial charge on any atom is 0.263 e. The summed E-state index contributed by atoms with van der Waals surface area (Å²) < 4.78 is 33.3. The summed E-state index contributed by atoms with van der Waals surface area (Å²) >= 11 is 6.08. The second-order valence-electron chi connectivity index (χ2n) is 6.36. The average molecular weight is 409 g/mol. The second-order valence-corrected chi connectivity index (χ2v) is 8.42. The topological polar surface area (TPSA) is 84.5 Å². The Hall–Kier alpha value is -2.25. The van der Waals surface area contributed by atoms with E-state index in [9.17, 15) is 13.2 Å². The van der Waals surface area contributed by atoms with E-state index in [0.29, 0.717) is 30.5 Å². The van der Waals surface area contributed by atoms with Crippen LogP contribution >= 0.6 is 11.6 Å². The van der Waals surface area contributed by atoms with Crippen molar-refractivity contribution in [1.82, 2.24) is 5.32 Å². The third kappa shape index (κ3) is 5.14. The van der Waals surface area contributed by atoms with E-state index in [1.54, 1.807) is 24.3 Å². The number of ether oxygens (including phenoxy) is 1. The molecular weight excluding hydrogens is 388 g/mol. The number of rotatable bonds is 8. The highest BCUT2D eigenvalue weighted by atomic mass is 35.5. The Morgan fingerprint density at radius 2 is 1.89 bits per heavy atom. The minimum Gasteiger partial charge on any atom is -0.494 e. The van der Waals surface area contributed by atoms with Crippen molar-refractivity contribution in [2.75, 3.05) is 17.9 Å². The first-order valence-electron chi connectivity index (χ1n) is 8.72. The van der Waals surface area contributed by atoms with Gasteiger partial charge in [0.15, 0.2) is 0 Å². The van der Waals surface area contributed by atoms with Crippen molar-refractivity contribution in [1.29, 1.82) is 0 Å². The first-order valence-corrected chi connectivity index (χ1v) is 10.6. The van der Waals surface area contributed by atoms with Crippen molar-refractivity contribution in [3.8, 4) is 5.75 Å². The fraction of sp³-hybridized carbons (Fsp3) is 0.316. The van der Waals surface area contributed by atoms with E-state index in [-0.39, 0.29) is 21.4 Å². The molecule has 1 saturated carbocycles. The lowest BCUT2D eigenvalue weighted by atomic mass is 10.2. The van der Waals surface area contributed by atoms with Crippen LogP contribution in [0, 0.1) is 5.92 Å². The Labute approximate surface area is 163 Å². The van der Waals surface area contributed by atoms with Crippen LogP contribution in [0.3, 0.4) is 0 Å². The molecule has 0 aliphatic heterocycles. The largest absolute Gasteiger partial charge is 0.494 e. The van der Waals surface area contributed by atoms with Crippen molar-refractivity contribution < 1.29 is 17.9 Å². The van der Waals surface area contributed by atoms with E-state index in [2.05, 4.69) is 10.0 Å². The van der Waals surface area contributed by atoms with Gasteiger partial charge in [-0.05, 0) is 68.1 Å². The normalized spacial score (nSPS) is 13.9. The molecule has 0 aromatic heterocycles. The zero-order chi connectivity index (χ0) is 19.4. The number of halogens is 1. The van der Waals surface area contributed by atoms with Gasteiger partial charge in [0.05, 0.1) is 11.6 Å². The van der Waals surface area contributed by atoms with E-state index in [1.165, 1.54) is 18.2 Å². The van der Waals surface area contributed by atoms with Gasteiger partial charge in [0.1, 0.15) is 10.6 Å². The molecule has 0 heterocycles. The number of sulfonamides is 1. The summed E-state index contributed by atoms with van der Waals surface area (Å²) in [5.41, 5.74) is 0.630. The van der Waals surface area contributed by atoms with E-state index in [0.717, 1.165) is 12.8 Å². The van der Waals surface area contributed by atoms with Gasteiger partial charge < -0.3 is 10.1 Å². The molecule has 1 aliphatic carbocycles. The van der Waals surface area contributed by atoms with E-state index in [4.69, 9.17) is 16.3 Å². The zero-order valence-corrected chi connectivity index (χ0v) is 16.4. The quantitative estimate of drug-likeness (QED) is 0.697. The number of hydrogen-bond donors (Lipinski definition) is 2. The van der Waals surface area contributed by atoms with Gasteiger partial charge in [0.25, 0.3) is 15.9 Å². The lowest BCUT2D eigenvalue weighted by Crippen LogP contribution is -2.26. The van der Waals surface area contributed by atoms with Gasteiger partial charge in [0, 0.05) is 17.8 Å². The summed E-state index contributed by atoms with van der Waals surface area (Å²) in [5, 5.41) is 2.86. The van der Waals surface area contributed by atoms with Gasteiger partial charge in [-0.2, -0.15) is 0 Å². The van der Waals surface area contributed by atoms with Gasteiger partial charge in [-0.1, -0.05) is 11.6 Å². The predicted molar refractivity (Wildman–Crippen MR) is 105 cm³/mol. The van der Waals surface area contributed by atoms with E-state index >= 15 is 0 Å². The Balaban J connectivity index is 1.77. The summed E-state index contributed by atoms with van der Waals surface area (Å²) in [5.74, 6) is 0.870. The van der Waals surface area contributed by atoms with Crippen LogP contribution in [-0.2, 0) is 10.0 Å². The lowest BCUT2D eigenvalue weighted by molar-refractivity contribution is 0.0951. The molecular formula is C19H21ClN2O4S. The molecule has 1 amide bonds. The molecule has 3 rings (SSSR count). The van der Waals surface area contributed by atoms with Crippen LogP contribution in [0.1, 0.15) is 30.1 Å². The molecule has 0 spiro atoms. The van der Waals surface area contributed by atoms with Gasteiger partial charge in [-0.25, -0.2) is 8.42 Å². The first kappa shape index (κ1) is 19.5. The molecule has 1 aliphatic rings. The van der Waals surface area contributed by atoms with Crippen LogP contribution in [0.15, 0.2) is 47.4 Å². The Morgan fingerprint density at radius 1 is 1.19 bits per heavy atom. The SMILES string of the molecule is CCOc1ccc(NS(=O)(=O)c2cc(C(=O)NCC3CC3)ccc2Cl)cc1. The van der Waals surface area contributed by atoms with Gasteiger partial charge in [-0.15, -0.1) is 0 Å². The van der Waals surface area contributed by atoms with Gasteiger partial charge in [0.2, 0.25) is 0 Å². The fourth-order valence-corrected chi connectivity index (χ4v) is 4.09. The predicted octanol–water partition coefficient (Wildman–Crippen LogP) is 3.68. The van der Waals surface area contributed by atoms with Crippen LogP contribution in [-0.4, -0.2) is 27.5 Å². The summed E-state index contributed by atoms with van der Waals surface area (Å²) in [4.78, 5) is 12.1. The standard InChI is InChI=1S/C19H21ClN2O4S/c1-2-26-16-8-6-15(7-9-16)22-27(24,25)18-11-14(5-10-17(18)20)19(23)21-12-13-3-4-13/h5-11,13,22H,2-4,12H2,1H3,(H,21,23). The molecule has 8 heteroatoms. The number of carbonyl (C=O) groups excluding carboxylic acids is 1. The summed E-state index contributed by atoms with van der Waals surface area (Å²) in [6.45, 7) is 3.00. The molecule has 0 atom stereocenters. The minimum absolute atomic E-state index is 0.0483. The van der Waals surface area contributed by atoms with Crippen LogP contribution < -0.4 is 14.8 Å². The van der Waals surface area contributed by atoms with Crippen molar-refractivity contribution in [2.24, 2.45) is 5.92 Å². The molecule has 0 saturated heterocycles. The maximum atomic E-state index is 12.7. The van der Waals surface area contributed by atoms with E-state index in [1.807, 2.05) is 6.92 Å². The Bertz CT molecular complexity index is 925.